The molecule has 0 aliphatic carbocycles. The van der Waals surface area contributed by atoms with Crippen LogP contribution >= 0.6 is 11.3 Å². The zero-order valence-electron chi connectivity index (χ0n) is 13.1. The normalized spacial score (nSPS) is 10.2. The summed E-state index contributed by atoms with van der Waals surface area (Å²) in [6.45, 7) is 0. The van der Waals surface area contributed by atoms with E-state index in [4.69, 9.17) is 9.47 Å². The zero-order valence-corrected chi connectivity index (χ0v) is 14.0. The van der Waals surface area contributed by atoms with Crippen molar-refractivity contribution >= 4 is 22.4 Å². The Hall–Kier alpha value is -2.93. The number of benzene rings is 2. The molecule has 7 heteroatoms. The van der Waals surface area contributed by atoms with Gasteiger partial charge in [-0.2, -0.15) is 0 Å². The van der Waals surface area contributed by atoms with Crippen molar-refractivity contribution in [3.05, 3.63) is 54.1 Å². The molecule has 122 valence electrons. The van der Waals surface area contributed by atoms with Crippen molar-refractivity contribution in [3.8, 4) is 22.1 Å². The number of methoxy groups -OCH3 is 2. The van der Waals surface area contributed by atoms with Gasteiger partial charge in [-0.1, -0.05) is 29.5 Å². The molecule has 1 N–H and O–H groups in total. The minimum atomic E-state index is -0.262. The van der Waals surface area contributed by atoms with Gasteiger partial charge in [0.1, 0.15) is 16.5 Å². The van der Waals surface area contributed by atoms with Crippen LogP contribution in [0.3, 0.4) is 0 Å². The Kier molecular flexibility index (Phi) is 4.72. The van der Waals surface area contributed by atoms with E-state index in [0.717, 1.165) is 11.3 Å². The van der Waals surface area contributed by atoms with Gasteiger partial charge in [0.25, 0.3) is 5.91 Å². The smallest absolute Gasteiger partial charge is 0.257 e. The predicted molar refractivity (Wildman–Crippen MR) is 92.8 cm³/mol. The van der Waals surface area contributed by atoms with E-state index in [9.17, 15) is 4.79 Å². The Bertz CT molecular complexity index is 864. The number of carbonyl (C=O) groups is 1. The Morgan fingerprint density at radius 2 is 1.71 bits per heavy atom. The van der Waals surface area contributed by atoms with E-state index in [-0.39, 0.29) is 5.91 Å². The second-order valence-corrected chi connectivity index (χ2v) is 5.81. The van der Waals surface area contributed by atoms with E-state index in [0.29, 0.717) is 21.5 Å². The Morgan fingerprint density at radius 3 is 2.46 bits per heavy atom. The van der Waals surface area contributed by atoms with Gasteiger partial charge in [0.15, 0.2) is 0 Å². The van der Waals surface area contributed by atoms with E-state index in [1.165, 1.54) is 11.3 Å². The van der Waals surface area contributed by atoms with Crippen LogP contribution in [0.5, 0.6) is 11.5 Å². The van der Waals surface area contributed by atoms with Crippen molar-refractivity contribution in [1.29, 1.82) is 0 Å². The van der Waals surface area contributed by atoms with Crippen LogP contribution in [0.15, 0.2) is 48.5 Å². The van der Waals surface area contributed by atoms with Gasteiger partial charge in [-0.05, 0) is 30.3 Å². The quantitative estimate of drug-likeness (QED) is 0.769. The van der Waals surface area contributed by atoms with Gasteiger partial charge in [0, 0.05) is 11.1 Å². The second-order valence-electron chi connectivity index (χ2n) is 4.83. The minimum absolute atomic E-state index is 0.262. The van der Waals surface area contributed by atoms with Crippen molar-refractivity contribution in [2.75, 3.05) is 19.5 Å². The number of rotatable bonds is 5. The number of nitrogens with zero attached hydrogens (tertiary/aromatic N) is 2. The molecule has 0 saturated carbocycles. The summed E-state index contributed by atoms with van der Waals surface area (Å²) in [6.07, 6.45) is 0. The highest BCUT2D eigenvalue weighted by Crippen LogP contribution is 2.29. The zero-order chi connectivity index (χ0) is 16.9. The summed E-state index contributed by atoms with van der Waals surface area (Å²) in [4.78, 5) is 12.3. The van der Waals surface area contributed by atoms with Crippen LogP contribution in [0, 0.1) is 0 Å². The van der Waals surface area contributed by atoms with Gasteiger partial charge in [0.05, 0.1) is 14.2 Å². The molecule has 0 aliphatic rings. The van der Waals surface area contributed by atoms with E-state index < -0.39 is 0 Å². The van der Waals surface area contributed by atoms with Crippen LogP contribution in [-0.2, 0) is 0 Å². The van der Waals surface area contributed by atoms with Crippen molar-refractivity contribution < 1.29 is 14.3 Å². The van der Waals surface area contributed by atoms with Gasteiger partial charge < -0.3 is 9.47 Å². The third kappa shape index (κ3) is 3.52. The lowest BCUT2D eigenvalue weighted by Gasteiger charge is -2.03. The summed E-state index contributed by atoms with van der Waals surface area (Å²) in [5.74, 6) is 1.10. The van der Waals surface area contributed by atoms with Crippen molar-refractivity contribution in [2.24, 2.45) is 0 Å². The first-order valence-corrected chi connectivity index (χ1v) is 7.94. The van der Waals surface area contributed by atoms with E-state index in [1.54, 1.807) is 38.5 Å². The largest absolute Gasteiger partial charge is 0.497 e. The van der Waals surface area contributed by atoms with Crippen LogP contribution in [0.4, 0.5) is 5.13 Å². The number of amides is 1. The molecule has 2 aromatic carbocycles. The Morgan fingerprint density at radius 1 is 1.00 bits per heavy atom. The standard InChI is InChI=1S/C17H15N3O3S/c1-22-13-7-3-5-11(9-13)15(21)18-17-20-19-16(24-17)12-6-4-8-14(10-12)23-2/h3-10H,1-2H3,(H,18,20,21). The molecule has 0 aliphatic heterocycles. The summed E-state index contributed by atoms with van der Waals surface area (Å²) in [6, 6.07) is 14.4. The summed E-state index contributed by atoms with van der Waals surface area (Å²) in [5.41, 5.74) is 1.38. The Labute approximate surface area is 143 Å². The maximum Gasteiger partial charge on any atom is 0.257 e. The van der Waals surface area contributed by atoms with E-state index >= 15 is 0 Å². The van der Waals surface area contributed by atoms with Crippen molar-refractivity contribution in [2.45, 2.75) is 0 Å². The van der Waals surface area contributed by atoms with E-state index in [1.807, 2.05) is 24.3 Å². The first-order chi connectivity index (χ1) is 11.7. The minimum Gasteiger partial charge on any atom is -0.497 e. The molecule has 6 nitrogen and oxygen atoms in total. The summed E-state index contributed by atoms with van der Waals surface area (Å²) in [7, 11) is 3.17. The number of anilines is 1. The summed E-state index contributed by atoms with van der Waals surface area (Å²) >= 11 is 1.30. The number of nitrogens with one attached hydrogen (secondary N) is 1. The van der Waals surface area contributed by atoms with Gasteiger partial charge in [-0.3, -0.25) is 10.1 Å². The molecule has 0 unspecified atom stereocenters. The average Bonchev–Trinajstić information content (AvgIpc) is 3.10. The van der Waals surface area contributed by atoms with Gasteiger partial charge in [-0.15, -0.1) is 10.2 Å². The highest BCUT2D eigenvalue weighted by Gasteiger charge is 2.12. The molecule has 0 atom stereocenters. The number of aromatic nitrogens is 2. The number of carbonyl (C=O) groups excluding carboxylic acids is 1. The first kappa shape index (κ1) is 15.9. The fraction of sp³-hybridized carbons (Fsp3) is 0.118. The van der Waals surface area contributed by atoms with Crippen molar-refractivity contribution in [3.63, 3.8) is 0 Å². The monoisotopic (exact) mass is 341 g/mol. The summed E-state index contributed by atoms with van der Waals surface area (Å²) in [5, 5.41) is 12.0. The van der Waals surface area contributed by atoms with Crippen LogP contribution < -0.4 is 14.8 Å². The molecule has 0 fully saturated rings. The molecule has 1 amide bonds. The topological polar surface area (TPSA) is 73.3 Å². The summed E-state index contributed by atoms with van der Waals surface area (Å²) < 4.78 is 10.3. The lowest BCUT2D eigenvalue weighted by molar-refractivity contribution is 0.102. The molecule has 0 radical (unpaired) electrons. The van der Waals surface area contributed by atoms with Crippen LogP contribution in [0.25, 0.3) is 10.6 Å². The molecule has 1 aromatic heterocycles. The fourth-order valence-corrected chi connectivity index (χ4v) is 2.82. The molecule has 0 spiro atoms. The second kappa shape index (κ2) is 7.10. The first-order valence-electron chi connectivity index (χ1n) is 7.13. The lowest BCUT2D eigenvalue weighted by atomic mass is 10.2. The number of ether oxygens (including phenoxy) is 2. The van der Waals surface area contributed by atoms with Gasteiger partial charge in [-0.25, -0.2) is 0 Å². The van der Waals surface area contributed by atoms with Crippen LogP contribution in [0.2, 0.25) is 0 Å². The van der Waals surface area contributed by atoms with Crippen LogP contribution in [0.1, 0.15) is 10.4 Å². The highest BCUT2D eigenvalue weighted by atomic mass is 32.1. The van der Waals surface area contributed by atoms with Gasteiger partial charge in [0.2, 0.25) is 5.13 Å². The third-order valence-corrected chi connectivity index (χ3v) is 4.18. The van der Waals surface area contributed by atoms with Gasteiger partial charge >= 0.3 is 0 Å². The number of hydrogen-bond acceptors (Lipinski definition) is 6. The molecular formula is C17H15N3O3S. The Balaban J connectivity index is 1.77. The molecule has 24 heavy (non-hydrogen) atoms. The molecule has 1 heterocycles. The SMILES string of the molecule is COc1cccc(C(=O)Nc2nnc(-c3cccc(OC)c3)s2)c1. The lowest BCUT2D eigenvalue weighted by Crippen LogP contribution is -2.11. The molecule has 3 rings (SSSR count). The molecule has 3 aromatic rings. The molecule has 0 bridgehead atoms. The van der Waals surface area contributed by atoms with Crippen molar-refractivity contribution in [1.82, 2.24) is 10.2 Å². The maximum atomic E-state index is 12.3. The fourth-order valence-electron chi connectivity index (χ4n) is 2.08. The molecular weight excluding hydrogens is 326 g/mol. The van der Waals surface area contributed by atoms with Crippen LogP contribution in [-0.4, -0.2) is 30.3 Å². The third-order valence-electron chi connectivity index (χ3n) is 3.29. The highest BCUT2D eigenvalue weighted by molar-refractivity contribution is 7.18. The number of hydrogen-bond donors (Lipinski definition) is 1. The predicted octanol–water partition coefficient (Wildman–Crippen LogP) is 3.47. The maximum absolute atomic E-state index is 12.3. The molecule has 0 saturated heterocycles. The van der Waals surface area contributed by atoms with E-state index in [2.05, 4.69) is 15.5 Å². The average molecular weight is 341 g/mol.